The van der Waals surface area contributed by atoms with E-state index >= 15 is 0 Å². The SMILES string of the molecule is O=C(NC1CC1)C1CCCN1S(=O)(=O)c1ccc(F)cc1. The molecule has 1 amide bonds. The first-order valence-electron chi connectivity index (χ1n) is 7.06. The van der Waals surface area contributed by atoms with Crippen LogP contribution in [0.5, 0.6) is 0 Å². The average Bonchev–Trinajstić information content (AvgIpc) is 3.11. The molecule has 114 valence electrons. The van der Waals surface area contributed by atoms with Gasteiger partial charge in [0.15, 0.2) is 0 Å². The highest BCUT2D eigenvalue weighted by atomic mass is 32.2. The van der Waals surface area contributed by atoms with Gasteiger partial charge in [-0.3, -0.25) is 4.79 Å². The predicted octanol–water partition coefficient (Wildman–Crippen LogP) is 1.26. The normalized spacial score (nSPS) is 23.2. The summed E-state index contributed by atoms with van der Waals surface area (Å²) in [5, 5.41) is 2.85. The standard InChI is InChI=1S/C14H17FN2O3S/c15-10-3-7-12(8-4-10)21(19,20)17-9-1-2-13(17)14(18)16-11-5-6-11/h3-4,7-8,11,13H,1-2,5-6,9H2,(H,16,18). The van der Waals surface area contributed by atoms with Gasteiger partial charge in [-0.15, -0.1) is 0 Å². The largest absolute Gasteiger partial charge is 0.352 e. The quantitative estimate of drug-likeness (QED) is 0.910. The van der Waals surface area contributed by atoms with E-state index in [-0.39, 0.29) is 16.8 Å². The molecule has 1 aromatic carbocycles. The molecule has 1 unspecified atom stereocenters. The summed E-state index contributed by atoms with van der Waals surface area (Å²) in [6.07, 6.45) is 3.11. The van der Waals surface area contributed by atoms with Crippen LogP contribution in [0.4, 0.5) is 4.39 Å². The Labute approximate surface area is 123 Å². The van der Waals surface area contributed by atoms with Crippen LogP contribution in [0, 0.1) is 5.82 Å². The van der Waals surface area contributed by atoms with Gasteiger partial charge in [-0.05, 0) is 49.9 Å². The van der Waals surface area contributed by atoms with Crippen molar-refractivity contribution in [3.8, 4) is 0 Å². The molecule has 1 heterocycles. The lowest BCUT2D eigenvalue weighted by Crippen LogP contribution is -2.46. The topological polar surface area (TPSA) is 66.5 Å². The minimum Gasteiger partial charge on any atom is -0.352 e. The Morgan fingerprint density at radius 2 is 1.86 bits per heavy atom. The Morgan fingerprint density at radius 1 is 1.19 bits per heavy atom. The highest BCUT2D eigenvalue weighted by Crippen LogP contribution is 2.27. The van der Waals surface area contributed by atoms with Gasteiger partial charge in [0.05, 0.1) is 4.90 Å². The van der Waals surface area contributed by atoms with E-state index < -0.39 is 21.9 Å². The van der Waals surface area contributed by atoms with Crippen molar-refractivity contribution in [3.05, 3.63) is 30.1 Å². The first-order valence-corrected chi connectivity index (χ1v) is 8.50. The minimum absolute atomic E-state index is 0.0232. The van der Waals surface area contributed by atoms with E-state index in [1.54, 1.807) is 0 Å². The van der Waals surface area contributed by atoms with Crippen molar-refractivity contribution in [2.75, 3.05) is 6.54 Å². The molecule has 1 aromatic rings. The van der Waals surface area contributed by atoms with Crippen molar-refractivity contribution >= 4 is 15.9 Å². The van der Waals surface area contributed by atoms with Crippen molar-refractivity contribution in [1.29, 1.82) is 0 Å². The summed E-state index contributed by atoms with van der Waals surface area (Å²) in [5.41, 5.74) is 0. The lowest BCUT2D eigenvalue weighted by Gasteiger charge is -2.23. The molecular weight excluding hydrogens is 295 g/mol. The zero-order chi connectivity index (χ0) is 15.0. The third-order valence-electron chi connectivity index (χ3n) is 3.85. The summed E-state index contributed by atoms with van der Waals surface area (Å²) in [6, 6.07) is 4.25. The number of nitrogens with one attached hydrogen (secondary N) is 1. The fraction of sp³-hybridized carbons (Fsp3) is 0.500. The fourth-order valence-corrected chi connectivity index (χ4v) is 4.21. The van der Waals surface area contributed by atoms with Gasteiger partial charge < -0.3 is 5.32 Å². The molecule has 1 saturated heterocycles. The average molecular weight is 312 g/mol. The van der Waals surface area contributed by atoms with Crippen LogP contribution in [0.15, 0.2) is 29.2 Å². The summed E-state index contributed by atoms with van der Waals surface area (Å²) in [5.74, 6) is -0.709. The number of halogens is 1. The number of amides is 1. The number of hydrogen-bond donors (Lipinski definition) is 1. The lowest BCUT2D eigenvalue weighted by molar-refractivity contribution is -0.124. The molecule has 2 fully saturated rings. The van der Waals surface area contributed by atoms with Crippen LogP contribution in [-0.4, -0.2) is 37.3 Å². The zero-order valence-electron chi connectivity index (χ0n) is 11.5. The Bertz CT molecular complexity index is 641. The molecule has 0 bridgehead atoms. The van der Waals surface area contributed by atoms with Crippen molar-refractivity contribution < 1.29 is 17.6 Å². The van der Waals surface area contributed by atoms with E-state index in [1.165, 1.54) is 16.4 Å². The summed E-state index contributed by atoms with van der Waals surface area (Å²) in [7, 11) is -3.76. The predicted molar refractivity (Wildman–Crippen MR) is 74.5 cm³/mol. The number of carbonyl (C=O) groups excluding carboxylic acids is 1. The number of benzene rings is 1. The number of sulfonamides is 1. The summed E-state index contributed by atoms with van der Waals surface area (Å²) >= 11 is 0. The molecule has 0 spiro atoms. The Morgan fingerprint density at radius 3 is 2.48 bits per heavy atom. The van der Waals surface area contributed by atoms with Crippen molar-refractivity contribution in [3.63, 3.8) is 0 Å². The Hall–Kier alpha value is -1.47. The van der Waals surface area contributed by atoms with Gasteiger partial charge >= 0.3 is 0 Å². The number of carbonyl (C=O) groups is 1. The van der Waals surface area contributed by atoms with Crippen LogP contribution in [0.3, 0.4) is 0 Å². The van der Waals surface area contributed by atoms with Gasteiger partial charge in [-0.2, -0.15) is 4.31 Å². The minimum atomic E-state index is -3.76. The second-order valence-corrected chi connectivity index (χ2v) is 7.40. The first kappa shape index (κ1) is 14.5. The Balaban J connectivity index is 1.82. The molecular formula is C14H17FN2O3S. The second kappa shape index (κ2) is 5.38. The van der Waals surface area contributed by atoms with E-state index in [0.29, 0.717) is 19.4 Å². The van der Waals surface area contributed by atoms with Gasteiger partial charge in [-0.1, -0.05) is 0 Å². The molecule has 2 aliphatic rings. The molecule has 0 aromatic heterocycles. The van der Waals surface area contributed by atoms with Gasteiger partial charge in [-0.25, -0.2) is 12.8 Å². The molecule has 0 radical (unpaired) electrons. The molecule has 7 heteroatoms. The molecule has 1 atom stereocenters. The van der Waals surface area contributed by atoms with Crippen molar-refractivity contribution in [2.24, 2.45) is 0 Å². The second-order valence-electron chi connectivity index (χ2n) is 5.51. The van der Waals surface area contributed by atoms with E-state index in [4.69, 9.17) is 0 Å². The molecule has 3 rings (SSSR count). The number of nitrogens with zero attached hydrogens (tertiary/aromatic N) is 1. The van der Waals surface area contributed by atoms with Gasteiger partial charge in [0.1, 0.15) is 11.9 Å². The fourth-order valence-electron chi connectivity index (χ4n) is 2.56. The lowest BCUT2D eigenvalue weighted by atomic mass is 10.2. The summed E-state index contributed by atoms with van der Waals surface area (Å²) < 4.78 is 39.3. The third kappa shape index (κ3) is 2.94. The zero-order valence-corrected chi connectivity index (χ0v) is 12.3. The summed E-state index contributed by atoms with van der Waals surface area (Å²) in [6.45, 7) is 0.322. The summed E-state index contributed by atoms with van der Waals surface area (Å²) in [4.78, 5) is 12.2. The number of hydrogen-bond acceptors (Lipinski definition) is 3. The molecule has 1 aliphatic carbocycles. The highest BCUT2D eigenvalue weighted by molar-refractivity contribution is 7.89. The van der Waals surface area contributed by atoms with Crippen LogP contribution in [0.25, 0.3) is 0 Å². The monoisotopic (exact) mass is 312 g/mol. The Kier molecular flexibility index (Phi) is 3.71. The van der Waals surface area contributed by atoms with Crippen LogP contribution >= 0.6 is 0 Å². The van der Waals surface area contributed by atoms with Gasteiger partial charge in [0.25, 0.3) is 0 Å². The van der Waals surface area contributed by atoms with Crippen LogP contribution < -0.4 is 5.32 Å². The maximum absolute atomic E-state index is 12.9. The van der Waals surface area contributed by atoms with E-state index in [1.807, 2.05) is 0 Å². The molecule has 1 saturated carbocycles. The molecule has 1 N–H and O–H groups in total. The third-order valence-corrected chi connectivity index (χ3v) is 5.77. The molecule has 5 nitrogen and oxygen atoms in total. The maximum atomic E-state index is 12.9. The van der Waals surface area contributed by atoms with Crippen molar-refractivity contribution in [1.82, 2.24) is 9.62 Å². The maximum Gasteiger partial charge on any atom is 0.243 e. The smallest absolute Gasteiger partial charge is 0.243 e. The van der Waals surface area contributed by atoms with Crippen LogP contribution in [0.2, 0.25) is 0 Å². The highest BCUT2D eigenvalue weighted by Gasteiger charge is 2.40. The van der Waals surface area contributed by atoms with E-state index in [0.717, 1.165) is 25.0 Å². The van der Waals surface area contributed by atoms with Crippen molar-refractivity contribution in [2.45, 2.75) is 42.7 Å². The van der Waals surface area contributed by atoms with Gasteiger partial charge in [0.2, 0.25) is 15.9 Å². The molecule has 1 aliphatic heterocycles. The van der Waals surface area contributed by atoms with Crippen LogP contribution in [0.1, 0.15) is 25.7 Å². The molecule has 21 heavy (non-hydrogen) atoms. The number of rotatable bonds is 4. The van der Waals surface area contributed by atoms with E-state index in [9.17, 15) is 17.6 Å². The van der Waals surface area contributed by atoms with E-state index in [2.05, 4.69) is 5.32 Å². The van der Waals surface area contributed by atoms with Crippen LogP contribution in [-0.2, 0) is 14.8 Å². The van der Waals surface area contributed by atoms with Gasteiger partial charge in [0, 0.05) is 12.6 Å². The first-order chi connectivity index (χ1) is 9.98.